The SMILES string of the molecule is CC(C)C(=O)NC(=O)OC(C)(CN)C[C@H](COCc1ccccc1)C(=O)N1CCC2(CC1)CNc1ccccc12. The fourth-order valence-electron chi connectivity index (χ4n) is 5.61. The van der Waals surface area contributed by atoms with E-state index in [1.54, 1.807) is 20.8 Å². The summed E-state index contributed by atoms with van der Waals surface area (Å²) < 4.78 is 11.6. The van der Waals surface area contributed by atoms with Gasteiger partial charge < -0.3 is 25.4 Å². The number of hydrogen-bond acceptors (Lipinski definition) is 7. The van der Waals surface area contributed by atoms with Gasteiger partial charge in [-0.25, -0.2) is 4.79 Å². The van der Waals surface area contributed by atoms with E-state index in [0.29, 0.717) is 19.7 Å². The van der Waals surface area contributed by atoms with Crippen LogP contribution in [0, 0.1) is 11.8 Å². The van der Waals surface area contributed by atoms with Crippen LogP contribution in [0.4, 0.5) is 10.5 Å². The van der Waals surface area contributed by atoms with Gasteiger partial charge in [-0.3, -0.25) is 14.9 Å². The van der Waals surface area contributed by atoms with Crippen LogP contribution in [-0.2, 0) is 31.1 Å². The van der Waals surface area contributed by atoms with E-state index in [2.05, 4.69) is 28.8 Å². The topological polar surface area (TPSA) is 123 Å². The van der Waals surface area contributed by atoms with E-state index in [1.165, 1.54) is 11.3 Å². The highest BCUT2D eigenvalue weighted by molar-refractivity contribution is 5.92. The van der Waals surface area contributed by atoms with Crippen LogP contribution in [0.25, 0.3) is 0 Å². The Morgan fingerprint density at radius 1 is 1.07 bits per heavy atom. The first-order valence-corrected chi connectivity index (χ1v) is 14.1. The van der Waals surface area contributed by atoms with Crippen molar-refractivity contribution in [3.8, 4) is 0 Å². The van der Waals surface area contributed by atoms with Crippen LogP contribution in [0.2, 0.25) is 0 Å². The van der Waals surface area contributed by atoms with Crippen molar-refractivity contribution in [2.24, 2.45) is 17.6 Å². The second-order valence-electron chi connectivity index (χ2n) is 11.6. The normalized spacial score (nSPS) is 18.0. The van der Waals surface area contributed by atoms with Gasteiger partial charge in [-0.05, 0) is 37.0 Å². The van der Waals surface area contributed by atoms with Gasteiger partial charge in [0.1, 0.15) is 5.60 Å². The lowest BCUT2D eigenvalue weighted by Gasteiger charge is -2.41. The predicted octanol–water partition coefficient (Wildman–Crippen LogP) is 3.82. The molecule has 1 fully saturated rings. The average molecular weight is 551 g/mol. The molecule has 0 aliphatic carbocycles. The van der Waals surface area contributed by atoms with Gasteiger partial charge in [-0.2, -0.15) is 0 Å². The first-order chi connectivity index (χ1) is 19.1. The van der Waals surface area contributed by atoms with Gasteiger partial charge in [0.25, 0.3) is 0 Å². The van der Waals surface area contributed by atoms with Crippen molar-refractivity contribution in [3.63, 3.8) is 0 Å². The molecule has 2 aliphatic heterocycles. The van der Waals surface area contributed by atoms with Crippen molar-refractivity contribution < 1.29 is 23.9 Å². The zero-order chi connectivity index (χ0) is 28.8. The van der Waals surface area contributed by atoms with Gasteiger partial charge in [-0.1, -0.05) is 62.4 Å². The summed E-state index contributed by atoms with van der Waals surface area (Å²) in [5.74, 6) is -1.42. The van der Waals surface area contributed by atoms with Gasteiger partial charge >= 0.3 is 6.09 Å². The molecule has 1 saturated heterocycles. The number of nitrogens with two attached hydrogens (primary N) is 1. The van der Waals surface area contributed by atoms with Crippen LogP contribution in [0.5, 0.6) is 0 Å². The van der Waals surface area contributed by atoms with Crippen LogP contribution in [-0.4, -0.2) is 61.2 Å². The number of nitrogens with one attached hydrogen (secondary N) is 2. The molecule has 9 nitrogen and oxygen atoms in total. The van der Waals surface area contributed by atoms with Crippen LogP contribution >= 0.6 is 0 Å². The fraction of sp³-hybridized carbons (Fsp3) is 0.516. The first kappa shape index (κ1) is 29.6. The van der Waals surface area contributed by atoms with E-state index in [1.807, 2.05) is 41.3 Å². The van der Waals surface area contributed by atoms with Crippen LogP contribution in [0.3, 0.4) is 0 Å². The second-order valence-corrected chi connectivity index (χ2v) is 11.6. The standard InChI is InChI=1S/C31H42N4O5/c1-22(2)27(36)34-29(38)40-30(3,20-32)17-24(19-39-18-23-9-5-4-6-10-23)28(37)35-15-13-31(14-16-35)21-33-26-12-8-7-11-25(26)31/h4-12,22,24,33H,13-21,32H2,1-3H3,(H,34,36,38)/t24-,30?/m1/s1. The molecule has 216 valence electrons. The van der Waals surface area contributed by atoms with Gasteiger partial charge in [0.2, 0.25) is 11.8 Å². The molecule has 4 N–H and O–H groups in total. The van der Waals surface area contributed by atoms with E-state index in [-0.39, 0.29) is 36.8 Å². The summed E-state index contributed by atoms with van der Waals surface area (Å²) in [6.45, 7) is 7.72. The third kappa shape index (κ3) is 7.01. The summed E-state index contributed by atoms with van der Waals surface area (Å²) in [7, 11) is 0. The summed E-state index contributed by atoms with van der Waals surface area (Å²) in [5, 5.41) is 5.78. The Hall–Kier alpha value is -3.43. The quantitative estimate of drug-likeness (QED) is 0.411. The Kier molecular flexibility index (Phi) is 9.48. The maximum absolute atomic E-state index is 13.9. The number of amides is 3. The van der Waals surface area contributed by atoms with Gasteiger partial charge in [-0.15, -0.1) is 0 Å². The maximum Gasteiger partial charge on any atom is 0.414 e. The molecule has 2 aromatic rings. The van der Waals surface area contributed by atoms with Gasteiger partial charge in [0.15, 0.2) is 0 Å². The molecule has 1 spiro atoms. The largest absolute Gasteiger partial charge is 0.442 e. The van der Waals surface area contributed by atoms with E-state index < -0.39 is 23.5 Å². The van der Waals surface area contributed by atoms with Crippen molar-refractivity contribution in [2.45, 2.75) is 57.7 Å². The molecule has 1 unspecified atom stereocenters. The number of hydrogen-bond donors (Lipinski definition) is 3. The number of fused-ring (bicyclic) bond motifs is 2. The molecule has 0 aromatic heterocycles. The summed E-state index contributed by atoms with van der Waals surface area (Å²) >= 11 is 0. The smallest absolute Gasteiger partial charge is 0.414 e. The number of para-hydroxylation sites is 1. The number of ether oxygens (including phenoxy) is 2. The van der Waals surface area contributed by atoms with E-state index in [0.717, 1.165) is 24.9 Å². The van der Waals surface area contributed by atoms with Crippen LogP contribution < -0.4 is 16.4 Å². The molecule has 0 saturated carbocycles. The molecule has 2 atom stereocenters. The molecule has 2 aliphatic rings. The number of imide groups is 1. The minimum Gasteiger partial charge on any atom is -0.442 e. The Bertz CT molecular complexity index is 1180. The molecular formula is C31H42N4O5. The number of rotatable bonds is 10. The summed E-state index contributed by atoms with van der Waals surface area (Å²) in [6, 6.07) is 18.2. The minimum absolute atomic E-state index is 0.00960. The third-order valence-corrected chi connectivity index (χ3v) is 8.13. The predicted molar refractivity (Wildman–Crippen MR) is 154 cm³/mol. The minimum atomic E-state index is -1.16. The van der Waals surface area contributed by atoms with Crippen LogP contribution in [0.15, 0.2) is 54.6 Å². The van der Waals surface area contributed by atoms with Crippen molar-refractivity contribution in [2.75, 3.05) is 38.1 Å². The number of carbonyl (C=O) groups excluding carboxylic acids is 3. The summed E-state index contributed by atoms with van der Waals surface area (Å²) in [4.78, 5) is 40.3. The highest BCUT2D eigenvalue weighted by atomic mass is 16.6. The highest BCUT2D eigenvalue weighted by Crippen LogP contribution is 2.44. The fourth-order valence-corrected chi connectivity index (χ4v) is 5.61. The number of nitrogens with zero attached hydrogens (tertiary/aromatic N) is 1. The van der Waals surface area contributed by atoms with E-state index in [4.69, 9.17) is 15.2 Å². The zero-order valence-electron chi connectivity index (χ0n) is 23.8. The van der Waals surface area contributed by atoms with Crippen molar-refractivity contribution >= 4 is 23.6 Å². The molecule has 4 rings (SSSR count). The number of piperidine rings is 1. The summed E-state index contributed by atoms with van der Waals surface area (Å²) in [6.07, 6.45) is 1.04. The molecule has 2 aromatic carbocycles. The molecule has 3 amide bonds. The monoisotopic (exact) mass is 550 g/mol. The average Bonchev–Trinajstić information content (AvgIpc) is 3.30. The number of carbonyl (C=O) groups is 3. The number of alkyl carbamates (subject to hydrolysis) is 1. The van der Waals surface area contributed by atoms with Crippen LogP contribution in [0.1, 0.15) is 51.2 Å². The Morgan fingerprint density at radius 2 is 1.75 bits per heavy atom. The summed E-state index contributed by atoms with van der Waals surface area (Å²) in [5.41, 5.74) is 8.44. The highest BCUT2D eigenvalue weighted by Gasteiger charge is 2.44. The molecule has 0 bridgehead atoms. The second kappa shape index (κ2) is 12.8. The lowest BCUT2D eigenvalue weighted by atomic mass is 9.74. The number of likely N-dealkylation sites (tertiary alicyclic amines) is 1. The van der Waals surface area contributed by atoms with Gasteiger partial charge in [0.05, 0.1) is 19.1 Å². The number of benzene rings is 2. The van der Waals surface area contributed by atoms with Gasteiger partial charge in [0, 0.05) is 49.6 Å². The molecule has 2 heterocycles. The Labute approximate surface area is 236 Å². The van der Waals surface area contributed by atoms with Crippen molar-refractivity contribution in [1.82, 2.24) is 10.2 Å². The lowest BCUT2D eigenvalue weighted by molar-refractivity contribution is -0.142. The Morgan fingerprint density at radius 3 is 2.42 bits per heavy atom. The van der Waals surface area contributed by atoms with E-state index in [9.17, 15) is 14.4 Å². The zero-order valence-corrected chi connectivity index (χ0v) is 23.8. The molecule has 0 radical (unpaired) electrons. The Balaban J connectivity index is 1.44. The van der Waals surface area contributed by atoms with Crippen molar-refractivity contribution in [1.29, 1.82) is 0 Å². The maximum atomic E-state index is 13.9. The third-order valence-electron chi connectivity index (χ3n) is 8.13. The first-order valence-electron chi connectivity index (χ1n) is 14.1. The van der Waals surface area contributed by atoms with Crippen molar-refractivity contribution in [3.05, 3.63) is 65.7 Å². The lowest BCUT2D eigenvalue weighted by Crippen LogP contribution is -2.51. The van der Waals surface area contributed by atoms with E-state index >= 15 is 0 Å². The molecule has 40 heavy (non-hydrogen) atoms. The molecule has 9 heteroatoms. The molecular weight excluding hydrogens is 508 g/mol. The number of anilines is 1.